The molecule has 1 N–H and O–H groups in total. The monoisotopic (exact) mass is 327 g/mol. The first-order valence-corrected chi connectivity index (χ1v) is 8.65. The molecule has 0 unspecified atom stereocenters. The van der Waals surface area contributed by atoms with Crippen LogP contribution in [0.15, 0.2) is 71.6 Å². The molecule has 0 spiro atoms. The van der Waals surface area contributed by atoms with E-state index in [2.05, 4.69) is 0 Å². The molecule has 3 rings (SSSR count). The van der Waals surface area contributed by atoms with E-state index in [-0.39, 0.29) is 10.6 Å². The minimum absolute atomic E-state index is 0.0743. The Hall–Kier alpha value is -2.37. The van der Waals surface area contributed by atoms with Gasteiger partial charge in [0.2, 0.25) is 10.0 Å². The Bertz CT molecular complexity index is 937. The third-order valence-corrected chi connectivity index (χ3v) is 5.66. The van der Waals surface area contributed by atoms with Crippen LogP contribution in [0.5, 0.6) is 5.75 Å². The van der Waals surface area contributed by atoms with Crippen molar-refractivity contribution < 1.29 is 13.5 Å². The van der Waals surface area contributed by atoms with E-state index in [1.165, 1.54) is 4.31 Å². The summed E-state index contributed by atoms with van der Waals surface area (Å²) < 4.78 is 27.1. The maximum absolute atomic E-state index is 12.9. The number of hydrogen-bond acceptors (Lipinski definition) is 3. The SMILES string of the molecule is CN(Cc1ccccc1)S(=O)(=O)c1cccc2c(O)cccc12. The van der Waals surface area contributed by atoms with E-state index in [1.807, 2.05) is 30.3 Å². The molecular formula is C18H17NO3S. The first kappa shape index (κ1) is 15.5. The summed E-state index contributed by atoms with van der Waals surface area (Å²) >= 11 is 0. The lowest BCUT2D eigenvalue weighted by Crippen LogP contribution is -2.26. The Balaban J connectivity index is 2.05. The van der Waals surface area contributed by atoms with E-state index >= 15 is 0 Å². The highest BCUT2D eigenvalue weighted by Gasteiger charge is 2.23. The second-order valence-corrected chi connectivity index (χ2v) is 7.39. The van der Waals surface area contributed by atoms with Crippen LogP contribution < -0.4 is 0 Å². The lowest BCUT2D eigenvalue weighted by molar-refractivity contribution is 0.467. The van der Waals surface area contributed by atoms with Crippen molar-refractivity contribution in [1.82, 2.24) is 4.31 Å². The third-order valence-electron chi connectivity index (χ3n) is 3.80. The fourth-order valence-electron chi connectivity index (χ4n) is 2.58. The zero-order valence-electron chi connectivity index (χ0n) is 12.7. The number of phenols is 1. The van der Waals surface area contributed by atoms with E-state index in [0.29, 0.717) is 17.3 Å². The van der Waals surface area contributed by atoms with Gasteiger partial charge in [0, 0.05) is 24.4 Å². The van der Waals surface area contributed by atoms with Crippen LogP contribution in [0.3, 0.4) is 0 Å². The van der Waals surface area contributed by atoms with Crippen molar-refractivity contribution in [3.63, 3.8) is 0 Å². The van der Waals surface area contributed by atoms with Gasteiger partial charge in [-0.05, 0) is 17.7 Å². The maximum atomic E-state index is 12.9. The van der Waals surface area contributed by atoms with Gasteiger partial charge in [-0.3, -0.25) is 0 Å². The molecule has 3 aromatic rings. The van der Waals surface area contributed by atoms with Crippen LogP contribution in [0.1, 0.15) is 5.56 Å². The largest absolute Gasteiger partial charge is 0.507 e. The number of phenolic OH excluding ortho intramolecular Hbond substituents is 1. The zero-order chi connectivity index (χ0) is 16.4. The van der Waals surface area contributed by atoms with Gasteiger partial charge < -0.3 is 5.11 Å². The predicted octanol–water partition coefficient (Wildman–Crippen LogP) is 3.37. The van der Waals surface area contributed by atoms with E-state index in [1.54, 1.807) is 43.4 Å². The van der Waals surface area contributed by atoms with Gasteiger partial charge in [0.25, 0.3) is 0 Å². The van der Waals surface area contributed by atoms with Crippen molar-refractivity contribution in [2.45, 2.75) is 11.4 Å². The number of hydrogen-bond donors (Lipinski definition) is 1. The Labute approximate surface area is 135 Å². The minimum Gasteiger partial charge on any atom is -0.507 e. The third kappa shape index (κ3) is 2.93. The first-order valence-electron chi connectivity index (χ1n) is 7.21. The smallest absolute Gasteiger partial charge is 0.243 e. The number of fused-ring (bicyclic) bond motifs is 1. The summed E-state index contributed by atoms with van der Waals surface area (Å²) in [4.78, 5) is 0.198. The quantitative estimate of drug-likeness (QED) is 0.799. The van der Waals surface area contributed by atoms with E-state index in [9.17, 15) is 13.5 Å². The van der Waals surface area contributed by atoms with Gasteiger partial charge in [-0.15, -0.1) is 0 Å². The number of nitrogens with zero attached hydrogens (tertiary/aromatic N) is 1. The predicted molar refractivity (Wildman–Crippen MR) is 90.7 cm³/mol. The van der Waals surface area contributed by atoms with Crippen molar-refractivity contribution in [2.75, 3.05) is 7.05 Å². The van der Waals surface area contributed by atoms with Crippen LogP contribution in [0.2, 0.25) is 0 Å². The van der Waals surface area contributed by atoms with Crippen LogP contribution in [0.4, 0.5) is 0 Å². The van der Waals surface area contributed by atoms with E-state index < -0.39 is 10.0 Å². The Morgan fingerprint density at radius 2 is 1.52 bits per heavy atom. The van der Waals surface area contributed by atoms with Gasteiger partial charge in [-0.1, -0.05) is 54.6 Å². The second kappa shape index (κ2) is 6.02. The highest BCUT2D eigenvalue weighted by molar-refractivity contribution is 7.89. The highest BCUT2D eigenvalue weighted by Crippen LogP contribution is 2.30. The fraction of sp³-hybridized carbons (Fsp3) is 0.111. The highest BCUT2D eigenvalue weighted by atomic mass is 32.2. The molecule has 23 heavy (non-hydrogen) atoms. The second-order valence-electron chi connectivity index (χ2n) is 5.38. The van der Waals surface area contributed by atoms with Crippen molar-refractivity contribution >= 4 is 20.8 Å². The molecule has 0 bridgehead atoms. The molecule has 4 nitrogen and oxygen atoms in total. The van der Waals surface area contributed by atoms with Gasteiger partial charge in [0.15, 0.2) is 0 Å². The summed E-state index contributed by atoms with van der Waals surface area (Å²) in [6, 6.07) is 19.3. The molecule has 118 valence electrons. The molecule has 0 saturated carbocycles. The number of rotatable bonds is 4. The van der Waals surface area contributed by atoms with Crippen molar-refractivity contribution in [2.24, 2.45) is 0 Å². The topological polar surface area (TPSA) is 57.6 Å². The summed E-state index contributed by atoms with van der Waals surface area (Å²) in [5.74, 6) is 0.0743. The Morgan fingerprint density at radius 3 is 2.26 bits per heavy atom. The normalized spacial score (nSPS) is 11.9. The van der Waals surface area contributed by atoms with Crippen LogP contribution >= 0.6 is 0 Å². The molecule has 0 radical (unpaired) electrons. The first-order chi connectivity index (χ1) is 11.0. The summed E-state index contributed by atoms with van der Waals surface area (Å²) in [6.45, 7) is 0.290. The van der Waals surface area contributed by atoms with Crippen LogP contribution in [-0.2, 0) is 16.6 Å². The molecule has 0 aromatic heterocycles. The number of benzene rings is 3. The van der Waals surface area contributed by atoms with Crippen LogP contribution in [-0.4, -0.2) is 24.9 Å². The maximum Gasteiger partial charge on any atom is 0.243 e. The lowest BCUT2D eigenvalue weighted by Gasteiger charge is -2.18. The Morgan fingerprint density at radius 1 is 0.870 bits per heavy atom. The molecule has 0 aliphatic carbocycles. The van der Waals surface area contributed by atoms with Crippen molar-refractivity contribution in [1.29, 1.82) is 0 Å². The van der Waals surface area contributed by atoms with Gasteiger partial charge in [-0.25, -0.2) is 8.42 Å². The molecule has 0 atom stereocenters. The zero-order valence-corrected chi connectivity index (χ0v) is 13.5. The molecule has 3 aromatic carbocycles. The molecule has 0 fully saturated rings. The van der Waals surface area contributed by atoms with Gasteiger partial charge in [0.1, 0.15) is 5.75 Å². The molecular weight excluding hydrogens is 310 g/mol. The summed E-state index contributed by atoms with van der Waals surface area (Å²) in [5.41, 5.74) is 0.918. The van der Waals surface area contributed by atoms with E-state index in [4.69, 9.17) is 0 Å². The average molecular weight is 327 g/mol. The molecule has 0 amide bonds. The van der Waals surface area contributed by atoms with Gasteiger partial charge in [0.05, 0.1) is 4.90 Å². The summed E-state index contributed by atoms with van der Waals surface area (Å²) in [5, 5.41) is 11.0. The summed E-state index contributed by atoms with van der Waals surface area (Å²) in [6.07, 6.45) is 0. The van der Waals surface area contributed by atoms with Gasteiger partial charge >= 0.3 is 0 Å². The summed E-state index contributed by atoms with van der Waals surface area (Å²) in [7, 11) is -2.10. The minimum atomic E-state index is -3.66. The van der Waals surface area contributed by atoms with Gasteiger partial charge in [-0.2, -0.15) is 4.31 Å². The molecule has 5 heteroatoms. The van der Waals surface area contributed by atoms with Crippen molar-refractivity contribution in [3.8, 4) is 5.75 Å². The number of sulfonamides is 1. The van der Waals surface area contributed by atoms with E-state index in [0.717, 1.165) is 5.56 Å². The lowest BCUT2D eigenvalue weighted by atomic mass is 10.1. The molecule has 0 saturated heterocycles. The molecule has 0 aliphatic rings. The molecule has 0 heterocycles. The van der Waals surface area contributed by atoms with Crippen LogP contribution in [0, 0.1) is 0 Å². The molecule has 0 aliphatic heterocycles. The number of aromatic hydroxyl groups is 1. The standard InChI is InChI=1S/C18H17NO3S/c1-19(13-14-7-3-2-4-8-14)23(21,22)18-12-6-9-15-16(18)10-5-11-17(15)20/h2-12,20H,13H2,1H3. The fourth-order valence-corrected chi connectivity index (χ4v) is 3.94. The average Bonchev–Trinajstić information content (AvgIpc) is 2.55. The van der Waals surface area contributed by atoms with Crippen molar-refractivity contribution in [3.05, 3.63) is 72.3 Å². The Kier molecular flexibility index (Phi) is 4.07. The van der Waals surface area contributed by atoms with Crippen LogP contribution in [0.25, 0.3) is 10.8 Å².